The Morgan fingerprint density at radius 1 is 0.882 bits per heavy atom. The van der Waals surface area contributed by atoms with Gasteiger partial charge in [-0.2, -0.15) is 0 Å². The van der Waals surface area contributed by atoms with Crippen molar-refractivity contribution >= 4 is 18.9 Å². The Kier molecular flexibility index (Phi) is 2.33. The molecule has 0 saturated heterocycles. The van der Waals surface area contributed by atoms with E-state index in [1.807, 2.05) is 0 Å². The van der Waals surface area contributed by atoms with Gasteiger partial charge in [0.2, 0.25) is 0 Å². The molecule has 0 amide bonds. The van der Waals surface area contributed by atoms with Crippen LogP contribution in [-0.2, 0) is 0 Å². The van der Waals surface area contributed by atoms with E-state index in [0.29, 0.717) is 5.67 Å². The lowest BCUT2D eigenvalue weighted by Crippen LogP contribution is -2.43. The monoisotopic (exact) mass is 239 g/mol. The molecule has 3 rings (SSSR count). The van der Waals surface area contributed by atoms with E-state index in [9.17, 15) is 0 Å². The first kappa shape index (κ1) is 10.6. The van der Waals surface area contributed by atoms with Crippen molar-refractivity contribution in [2.24, 2.45) is 0 Å². The van der Waals surface area contributed by atoms with Crippen molar-refractivity contribution < 1.29 is 0 Å². The van der Waals surface area contributed by atoms with Gasteiger partial charge in [0.05, 0.1) is 0 Å². The van der Waals surface area contributed by atoms with Crippen molar-refractivity contribution in [2.45, 2.75) is 18.8 Å². The van der Waals surface area contributed by atoms with Gasteiger partial charge in [0.15, 0.2) is 0 Å². The smallest absolute Gasteiger partial charge is 0.113 e. The summed E-state index contributed by atoms with van der Waals surface area (Å²) >= 11 is 0. The van der Waals surface area contributed by atoms with Crippen LogP contribution in [0.1, 0.15) is 11.2 Å². The largest absolute Gasteiger partial charge is 0.381 e. The SMILES string of the molecule is C[Si]1(C)c2ccccc2NC1c1ccccc1. The maximum Gasteiger partial charge on any atom is 0.113 e. The van der Waals surface area contributed by atoms with Gasteiger partial charge in [-0.05, 0) is 16.8 Å². The predicted octanol–water partition coefficient (Wildman–Crippen LogP) is 3.31. The summed E-state index contributed by atoms with van der Waals surface area (Å²) in [6.45, 7) is 4.90. The minimum absolute atomic E-state index is 0.501. The maximum atomic E-state index is 3.70. The molecule has 2 aromatic rings. The van der Waals surface area contributed by atoms with Gasteiger partial charge in [0, 0.05) is 11.4 Å². The number of rotatable bonds is 1. The third kappa shape index (κ3) is 1.60. The van der Waals surface area contributed by atoms with Crippen LogP contribution in [0.3, 0.4) is 0 Å². The fourth-order valence-corrected chi connectivity index (χ4v) is 6.04. The number of fused-ring (bicyclic) bond motifs is 1. The van der Waals surface area contributed by atoms with Gasteiger partial charge in [-0.3, -0.25) is 0 Å². The topological polar surface area (TPSA) is 12.0 Å². The Morgan fingerprint density at radius 3 is 2.24 bits per heavy atom. The second-order valence-electron chi connectivity index (χ2n) is 5.26. The standard InChI is InChI=1S/C15H17NSi/c1-17(2)14-11-7-6-10-13(14)16-15(17)12-8-4-3-5-9-12/h3-11,15-16H,1-2H3. The van der Waals surface area contributed by atoms with Crippen LogP contribution < -0.4 is 10.5 Å². The highest BCUT2D eigenvalue weighted by atomic mass is 28.3. The molecule has 1 nitrogen and oxygen atoms in total. The maximum absolute atomic E-state index is 3.70. The third-order valence-corrected chi connectivity index (χ3v) is 7.52. The van der Waals surface area contributed by atoms with Crippen molar-refractivity contribution in [1.82, 2.24) is 0 Å². The van der Waals surface area contributed by atoms with Gasteiger partial charge < -0.3 is 5.32 Å². The Morgan fingerprint density at radius 2 is 1.53 bits per heavy atom. The lowest BCUT2D eigenvalue weighted by atomic mass is 10.2. The van der Waals surface area contributed by atoms with E-state index < -0.39 is 8.07 Å². The van der Waals surface area contributed by atoms with Crippen LogP contribution in [0.15, 0.2) is 54.6 Å². The zero-order chi connectivity index (χ0) is 11.9. The first-order valence-electron chi connectivity index (χ1n) is 6.10. The lowest BCUT2D eigenvalue weighted by Gasteiger charge is -2.25. The second kappa shape index (κ2) is 3.74. The molecule has 17 heavy (non-hydrogen) atoms. The van der Waals surface area contributed by atoms with Crippen molar-refractivity contribution in [3.05, 3.63) is 60.2 Å². The molecule has 1 atom stereocenters. The summed E-state index contributed by atoms with van der Waals surface area (Å²) in [5, 5.41) is 5.25. The molecule has 0 aliphatic carbocycles. The molecule has 0 saturated carbocycles. The second-order valence-corrected chi connectivity index (χ2v) is 9.81. The summed E-state index contributed by atoms with van der Waals surface area (Å²) < 4.78 is 0. The molecule has 0 spiro atoms. The van der Waals surface area contributed by atoms with Gasteiger partial charge in [-0.15, -0.1) is 0 Å². The molecule has 1 aliphatic heterocycles. The van der Waals surface area contributed by atoms with Gasteiger partial charge in [0.1, 0.15) is 8.07 Å². The summed E-state index contributed by atoms with van der Waals surface area (Å²) in [7, 11) is -1.44. The summed E-state index contributed by atoms with van der Waals surface area (Å²) in [5.41, 5.74) is 3.25. The molecule has 0 radical (unpaired) electrons. The van der Waals surface area contributed by atoms with E-state index in [4.69, 9.17) is 0 Å². The van der Waals surface area contributed by atoms with Crippen molar-refractivity contribution in [1.29, 1.82) is 0 Å². The molecule has 0 fully saturated rings. The van der Waals surface area contributed by atoms with Crippen LogP contribution in [-0.4, -0.2) is 8.07 Å². The molecule has 1 aliphatic rings. The zero-order valence-corrected chi connectivity index (χ0v) is 11.3. The van der Waals surface area contributed by atoms with Crippen molar-refractivity contribution in [3.8, 4) is 0 Å². The van der Waals surface area contributed by atoms with Crippen molar-refractivity contribution in [2.75, 3.05) is 5.32 Å². The highest BCUT2D eigenvalue weighted by molar-refractivity contribution is 6.93. The average molecular weight is 239 g/mol. The molecule has 2 aromatic carbocycles. The van der Waals surface area contributed by atoms with Crippen LogP contribution in [0.25, 0.3) is 0 Å². The highest BCUT2D eigenvalue weighted by Crippen LogP contribution is 2.35. The lowest BCUT2D eigenvalue weighted by molar-refractivity contribution is 1.07. The minimum Gasteiger partial charge on any atom is -0.381 e. The fraction of sp³-hybridized carbons (Fsp3) is 0.200. The predicted molar refractivity (Wildman–Crippen MR) is 76.4 cm³/mol. The first-order chi connectivity index (χ1) is 8.19. The number of hydrogen-bond acceptors (Lipinski definition) is 1. The summed E-state index contributed by atoms with van der Waals surface area (Å²) in [5.74, 6) is 0. The Bertz CT molecular complexity index is 534. The summed E-state index contributed by atoms with van der Waals surface area (Å²) in [6.07, 6.45) is 0. The summed E-state index contributed by atoms with van der Waals surface area (Å²) in [4.78, 5) is 0. The van der Waals surface area contributed by atoms with Crippen LogP contribution in [0.2, 0.25) is 13.1 Å². The van der Waals surface area contributed by atoms with Gasteiger partial charge in [-0.1, -0.05) is 61.6 Å². The zero-order valence-electron chi connectivity index (χ0n) is 10.3. The number of anilines is 1. The van der Waals surface area contributed by atoms with E-state index in [-0.39, 0.29) is 0 Å². The van der Waals surface area contributed by atoms with E-state index in [0.717, 1.165) is 0 Å². The van der Waals surface area contributed by atoms with E-state index >= 15 is 0 Å². The molecule has 1 N–H and O–H groups in total. The molecule has 86 valence electrons. The molecular formula is C15H17NSi. The van der Waals surface area contributed by atoms with Crippen LogP contribution in [0.5, 0.6) is 0 Å². The first-order valence-corrected chi connectivity index (χ1v) is 9.18. The van der Waals surface area contributed by atoms with Crippen molar-refractivity contribution in [3.63, 3.8) is 0 Å². The van der Waals surface area contributed by atoms with E-state index in [1.54, 1.807) is 5.19 Å². The quantitative estimate of drug-likeness (QED) is 0.753. The average Bonchev–Trinajstić information content (AvgIpc) is 2.63. The molecule has 0 bridgehead atoms. The molecule has 0 aromatic heterocycles. The van der Waals surface area contributed by atoms with Crippen LogP contribution in [0.4, 0.5) is 5.69 Å². The molecule has 1 unspecified atom stereocenters. The van der Waals surface area contributed by atoms with Gasteiger partial charge in [-0.25, -0.2) is 0 Å². The Hall–Kier alpha value is -1.54. The Labute approximate surface area is 104 Å². The highest BCUT2D eigenvalue weighted by Gasteiger charge is 2.41. The third-order valence-electron chi connectivity index (χ3n) is 3.78. The number of nitrogens with one attached hydrogen (secondary N) is 1. The van der Waals surface area contributed by atoms with E-state index in [2.05, 4.69) is 73.0 Å². The summed E-state index contributed by atoms with van der Waals surface area (Å²) in [6, 6.07) is 19.6. The molecule has 2 heteroatoms. The Balaban J connectivity index is 2.07. The minimum atomic E-state index is -1.44. The fourth-order valence-electron chi connectivity index (χ4n) is 2.81. The number of hydrogen-bond donors (Lipinski definition) is 1. The number of para-hydroxylation sites is 1. The van der Waals surface area contributed by atoms with Gasteiger partial charge >= 0.3 is 0 Å². The molecular weight excluding hydrogens is 222 g/mol. The van der Waals surface area contributed by atoms with Gasteiger partial charge in [0.25, 0.3) is 0 Å². The molecule has 1 heterocycles. The normalized spacial score (nSPS) is 20.7. The van der Waals surface area contributed by atoms with Crippen LogP contribution >= 0.6 is 0 Å². The number of benzene rings is 2. The van der Waals surface area contributed by atoms with E-state index in [1.165, 1.54) is 11.3 Å². The van der Waals surface area contributed by atoms with Crippen LogP contribution in [0, 0.1) is 0 Å².